The van der Waals surface area contributed by atoms with Crippen LogP contribution in [-0.4, -0.2) is 6.61 Å². The van der Waals surface area contributed by atoms with Gasteiger partial charge in [-0.3, -0.25) is 0 Å². The van der Waals surface area contributed by atoms with E-state index in [2.05, 4.69) is 36.5 Å². The standard InChI is InChI=1S/C18H22N2O/c1-2-11-21-16-7-5-15(6-8-16)20-18-10-3-13-12-14(19)4-9-17(13)18/h4-9,12,18,20H,2-3,10-11,19H2,1H3. The lowest BCUT2D eigenvalue weighted by molar-refractivity contribution is 0.317. The van der Waals surface area contributed by atoms with Crippen LogP contribution in [0.5, 0.6) is 5.75 Å². The number of aryl methyl sites for hydroxylation is 1. The van der Waals surface area contributed by atoms with Gasteiger partial charge in [0.25, 0.3) is 0 Å². The van der Waals surface area contributed by atoms with Gasteiger partial charge in [0.05, 0.1) is 12.6 Å². The lowest BCUT2D eigenvalue weighted by Crippen LogP contribution is -2.07. The monoisotopic (exact) mass is 282 g/mol. The maximum atomic E-state index is 5.85. The molecule has 0 radical (unpaired) electrons. The van der Waals surface area contributed by atoms with Crippen LogP contribution in [0.25, 0.3) is 0 Å². The van der Waals surface area contributed by atoms with E-state index in [1.54, 1.807) is 0 Å². The molecule has 0 heterocycles. The van der Waals surface area contributed by atoms with Crippen LogP contribution in [0.3, 0.4) is 0 Å². The molecular weight excluding hydrogens is 260 g/mol. The molecule has 1 aliphatic rings. The molecule has 110 valence electrons. The Labute approximate surface area is 126 Å². The number of anilines is 2. The molecule has 0 saturated carbocycles. The van der Waals surface area contributed by atoms with E-state index in [9.17, 15) is 0 Å². The highest BCUT2D eigenvalue weighted by Crippen LogP contribution is 2.35. The van der Waals surface area contributed by atoms with Gasteiger partial charge in [0.15, 0.2) is 0 Å². The number of fused-ring (bicyclic) bond motifs is 1. The van der Waals surface area contributed by atoms with E-state index in [1.807, 2.05) is 18.2 Å². The molecule has 0 fully saturated rings. The average molecular weight is 282 g/mol. The molecule has 21 heavy (non-hydrogen) atoms. The first kappa shape index (κ1) is 13.8. The van der Waals surface area contributed by atoms with Crippen molar-refractivity contribution >= 4 is 11.4 Å². The molecule has 0 aliphatic heterocycles. The second-order valence-corrected chi connectivity index (χ2v) is 5.57. The summed E-state index contributed by atoms with van der Waals surface area (Å²) in [4.78, 5) is 0. The summed E-state index contributed by atoms with van der Waals surface area (Å²) in [5.41, 5.74) is 10.6. The first-order chi connectivity index (χ1) is 10.3. The maximum Gasteiger partial charge on any atom is 0.119 e. The Bertz CT molecular complexity index is 607. The van der Waals surface area contributed by atoms with Gasteiger partial charge in [-0.05, 0) is 66.8 Å². The average Bonchev–Trinajstić information content (AvgIpc) is 2.88. The molecule has 0 aromatic heterocycles. The third-order valence-corrected chi connectivity index (χ3v) is 3.91. The molecule has 0 saturated heterocycles. The Kier molecular flexibility index (Phi) is 4.00. The van der Waals surface area contributed by atoms with Crippen molar-refractivity contribution in [1.82, 2.24) is 0 Å². The third-order valence-electron chi connectivity index (χ3n) is 3.91. The predicted octanol–water partition coefficient (Wildman–Crippen LogP) is 4.16. The molecule has 1 aliphatic carbocycles. The highest BCUT2D eigenvalue weighted by molar-refractivity contribution is 5.53. The van der Waals surface area contributed by atoms with Crippen LogP contribution in [0.4, 0.5) is 11.4 Å². The molecular formula is C18H22N2O. The number of rotatable bonds is 5. The van der Waals surface area contributed by atoms with Gasteiger partial charge in [0, 0.05) is 11.4 Å². The van der Waals surface area contributed by atoms with Crippen molar-refractivity contribution in [2.45, 2.75) is 32.2 Å². The van der Waals surface area contributed by atoms with Gasteiger partial charge in [-0.15, -0.1) is 0 Å². The summed E-state index contributed by atoms with van der Waals surface area (Å²) in [6, 6.07) is 14.8. The molecule has 1 atom stereocenters. The van der Waals surface area contributed by atoms with E-state index in [4.69, 9.17) is 10.5 Å². The molecule has 3 nitrogen and oxygen atoms in total. The zero-order chi connectivity index (χ0) is 14.7. The minimum Gasteiger partial charge on any atom is -0.494 e. The summed E-state index contributed by atoms with van der Waals surface area (Å²) >= 11 is 0. The van der Waals surface area contributed by atoms with Crippen molar-refractivity contribution in [3.8, 4) is 5.75 Å². The fourth-order valence-electron chi connectivity index (χ4n) is 2.86. The van der Waals surface area contributed by atoms with Crippen molar-refractivity contribution in [2.24, 2.45) is 0 Å². The van der Waals surface area contributed by atoms with E-state index in [1.165, 1.54) is 11.1 Å². The Balaban J connectivity index is 1.68. The van der Waals surface area contributed by atoms with Crippen molar-refractivity contribution in [2.75, 3.05) is 17.7 Å². The van der Waals surface area contributed by atoms with Crippen LogP contribution >= 0.6 is 0 Å². The third kappa shape index (κ3) is 3.13. The number of ether oxygens (including phenoxy) is 1. The van der Waals surface area contributed by atoms with Crippen LogP contribution in [0, 0.1) is 0 Å². The second-order valence-electron chi connectivity index (χ2n) is 5.57. The van der Waals surface area contributed by atoms with Gasteiger partial charge >= 0.3 is 0 Å². The van der Waals surface area contributed by atoms with Gasteiger partial charge in [-0.25, -0.2) is 0 Å². The summed E-state index contributed by atoms with van der Waals surface area (Å²) in [5.74, 6) is 0.932. The summed E-state index contributed by atoms with van der Waals surface area (Å²) in [6.45, 7) is 2.88. The van der Waals surface area contributed by atoms with Crippen LogP contribution in [-0.2, 0) is 6.42 Å². The van der Waals surface area contributed by atoms with E-state index < -0.39 is 0 Å². The van der Waals surface area contributed by atoms with E-state index >= 15 is 0 Å². The highest BCUT2D eigenvalue weighted by atomic mass is 16.5. The quantitative estimate of drug-likeness (QED) is 0.810. The topological polar surface area (TPSA) is 47.3 Å². The first-order valence-corrected chi connectivity index (χ1v) is 7.64. The highest BCUT2D eigenvalue weighted by Gasteiger charge is 2.22. The molecule has 3 rings (SSSR count). The Morgan fingerprint density at radius 3 is 2.76 bits per heavy atom. The summed E-state index contributed by atoms with van der Waals surface area (Å²) in [7, 11) is 0. The molecule has 0 bridgehead atoms. The number of hydrogen-bond donors (Lipinski definition) is 2. The lowest BCUT2D eigenvalue weighted by atomic mass is 10.1. The Morgan fingerprint density at radius 2 is 2.00 bits per heavy atom. The van der Waals surface area contributed by atoms with Crippen LogP contribution in [0.15, 0.2) is 42.5 Å². The summed E-state index contributed by atoms with van der Waals surface area (Å²) < 4.78 is 5.61. The van der Waals surface area contributed by atoms with Crippen molar-refractivity contribution < 1.29 is 4.74 Å². The molecule has 2 aromatic carbocycles. The lowest BCUT2D eigenvalue weighted by Gasteiger charge is -2.16. The fourth-order valence-corrected chi connectivity index (χ4v) is 2.86. The predicted molar refractivity (Wildman–Crippen MR) is 87.8 cm³/mol. The van der Waals surface area contributed by atoms with E-state index in [0.717, 1.165) is 43.0 Å². The molecule has 0 amide bonds. The molecule has 2 aromatic rings. The number of benzene rings is 2. The number of nitrogen functional groups attached to an aromatic ring is 1. The zero-order valence-corrected chi connectivity index (χ0v) is 12.4. The number of nitrogens with one attached hydrogen (secondary N) is 1. The Hall–Kier alpha value is -2.16. The van der Waals surface area contributed by atoms with Gasteiger partial charge in [-0.1, -0.05) is 13.0 Å². The smallest absolute Gasteiger partial charge is 0.119 e. The number of hydrogen-bond acceptors (Lipinski definition) is 3. The minimum atomic E-state index is 0.378. The van der Waals surface area contributed by atoms with Crippen molar-refractivity contribution in [3.05, 3.63) is 53.6 Å². The van der Waals surface area contributed by atoms with E-state index in [-0.39, 0.29) is 0 Å². The van der Waals surface area contributed by atoms with Gasteiger partial charge in [0.2, 0.25) is 0 Å². The van der Waals surface area contributed by atoms with Gasteiger partial charge < -0.3 is 15.8 Å². The molecule has 0 spiro atoms. The van der Waals surface area contributed by atoms with Gasteiger partial charge in [0.1, 0.15) is 5.75 Å². The van der Waals surface area contributed by atoms with Crippen LogP contribution in [0.2, 0.25) is 0 Å². The maximum absolute atomic E-state index is 5.85. The molecule has 3 heteroatoms. The molecule has 3 N–H and O–H groups in total. The number of nitrogens with two attached hydrogens (primary N) is 1. The summed E-state index contributed by atoms with van der Waals surface area (Å²) in [5, 5.41) is 3.60. The summed E-state index contributed by atoms with van der Waals surface area (Å²) in [6.07, 6.45) is 3.24. The van der Waals surface area contributed by atoms with Crippen molar-refractivity contribution in [1.29, 1.82) is 0 Å². The zero-order valence-electron chi connectivity index (χ0n) is 12.4. The fraction of sp³-hybridized carbons (Fsp3) is 0.333. The second kappa shape index (κ2) is 6.08. The largest absolute Gasteiger partial charge is 0.494 e. The first-order valence-electron chi connectivity index (χ1n) is 7.64. The normalized spacial score (nSPS) is 16.5. The SMILES string of the molecule is CCCOc1ccc(NC2CCc3cc(N)ccc32)cc1. The minimum absolute atomic E-state index is 0.378. The van der Waals surface area contributed by atoms with Crippen molar-refractivity contribution in [3.63, 3.8) is 0 Å². The molecule has 1 unspecified atom stereocenters. The van der Waals surface area contributed by atoms with Crippen LogP contribution in [0.1, 0.15) is 36.9 Å². The van der Waals surface area contributed by atoms with E-state index in [0.29, 0.717) is 6.04 Å². The van der Waals surface area contributed by atoms with Crippen LogP contribution < -0.4 is 15.8 Å². The Morgan fingerprint density at radius 1 is 1.19 bits per heavy atom. The van der Waals surface area contributed by atoms with Gasteiger partial charge in [-0.2, -0.15) is 0 Å².